The SMILES string of the molecule is COc1ccc(C)cc1CCNC(=O)c1ccc(F)nc1. The number of halogens is 1. The fourth-order valence-electron chi connectivity index (χ4n) is 2.03. The molecule has 0 saturated heterocycles. The van der Waals surface area contributed by atoms with Gasteiger partial charge in [0.2, 0.25) is 5.95 Å². The molecule has 0 saturated carbocycles. The van der Waals surface area contributed by atoms with E-state index in [0.717, 1.165) is 16.9 Å². The second kappa shape index (κ2) is 6.83. The molecular formula is C16H17FN2O2. The van der Waals surface area contributed by atoms with Crippen LogP contribution in [0.15, 0.2) is 36.5 Å². The minimum absolute atomic E-state index is 0.269. The molecule has 0 atom stereocenters. The molecule has 0 aliphatic rings. The van der Waals surface area contributed by atoms with E-state index in [4.69, 9.17) is 4.74 Å². The van der Waals surface area contributed by atoms with Crippen LogP contribution in [0.1, 0.15) is 21.5 Å². The molecule has 5 heteroatoms. The summed E-state index contributed by atoms with van der Waals surface area (Å²) < 4.78 is 18.0. The monoisotopic (exact) mass is 288 g/mol. The molecule has 110 valence electrons. The van der Waals surface area contributed by atoms with Crippen LogP contribution in [0.2, 0.25) is 0 Å². The van der Waals surface area contributed by atoms with Crippen LogP contribution in [-0.2, 0) is 6.42 Å². The van der Waals surface area contributed by atoms with Crippen molar-refractivity contribution in [3.8, 4) is 5.75 Å². The van der Waals surface area contributed by atoms with Crippen molar-refractivity contribution in [1.29, 1.82) is 0 Å². The number of aromatic nitrogens is 1. The highest BCUT2D eigenvalue weighted by atomic mass is 19.1. The number of carbonyl (C=O) groups is 1. The third-order valence-corrected chi connectivity index (χ3v) is 3.11. The molecule has 2 aromatic rings. The third kappa shape index (κ3) is 4.02. The average Bonchev–Trinajstić information content (AvgIpc) is 2.48. The van der Waals surface area contributed by atoms with Crippen molar-refractivity contribution >= 4 is 5.91 Å². The predicted molar refractivity (Wildman–Crippen MR) is 78.0 cm³/mol. The maximum absolute atomic E-state index is 12.7. The van der Waals surface area contributed by atoms with E-state index in [1.807, 2.05) is 25.1 Å². The Balaban J connectivity index is 1.93. The topological polar surface area (TPSA) is 51.2 Å². The molecule has 2 rings (SSSR count). The van der Waals surface area contributed by atoms with Gasteiger partial charge >= 0.3 is 0 Å². The van der Waals surface area contributed by atoms with Crippen LogP contribution in [0.25, 0.3) is 0 Å². The quantitative estimate of drug-likeness (QED) is 0.860. The van der Waals surface area contributed by atoms with Crippen molar-refractivity contribution in [2.75, 3.05) is 13.7 Å². The molecule has 0 fully saturated rings. The zero-order chi connectivity index (χ0) is 15.2. The van der Waals surface area contributed by atoms with E-state index in [9.17, 15) is 9.18 Å². The molecule has 0 radical (unpaired) electrons. The molecule has 1 heterocycles. The van der Waals surface area contributed by atoms with Crippen LogP contribution < -0.4 is 10.1 Å². The Kier molecular flexibility index (Phi) is 4.87. The number of methoxy groups -OCH3 is 1. The number of ether oxygens (including phenoxy) is 1. The van der Waals surface area contributed by atoms with E-state index in [2.05, 4.69) is 10.3 Å². The van der Waals surface area contributed by atoms with Gasteiger partial charge in [-0.1, -0.05) is 17.7 Å². The summed E-state index contributed by atoms with van der Waals surface area (Å²) in [4.78, 5) is 15.3. The van der Waals surface area contributed by atoms with Crippen LogP contribution in [0.3, 0.4) is 0 Å². The highest BCUT2D eigenvalue weighted by molar-refractivity contribution is 5.93. The van der Waals surface area contributed by atoms with Crippen LogP contribution in [0, 0.1) is 12.9 Å². The maximum atomic E-state index is 12.7. The predicted octanol–water partition coefficient (Wildman–Crippen LogP) is 2.51. The Bertz CT molecular complexity index is 627. The van der Waals surface area contributed by atoms with Crippen molar-refractivity contribution in [2.24, 2.45) is 0 Å². The summed E-state index contributed by atoms with van der Waals surface area (Å²) >= 11 is 0. The average molecular weight is 288 g/mol. The van der Waals surface area contributed by atoms with E-state index in [1.165, 1.54) is 18.3 Å². The molecule has 0 spiro atoms. The Morgan fingerprint density at radius 3 is 2.81 bits per heavy atom. The molecule has 0 bridgehead atoms. The third-order valence-electron chi connectivity index (χ3n) is 3.11. The van der Waals surface area contributed by atoms with Gasteiger partial charge in [-0.2, -0.15) is 4.39 Å². The van der Waals surface area contributed by atoms with Crippen molar-refractivity contribution in [3.63, 3.8) is 0 Å². The van der Waals surface area contributed by atoms with Crippen molar-refractivity contribution in [1.82, 2.24) is 10.3 Å². The zero-order valence-electron chi connectivity index (χ0n) is 12.0. The lowest BCUT2D eigenvalue weighted by atomic mass is 10.1. The summed E-state index contributed by atoms with van der Waals surface area (Å²) in [5.41, 5.74) is 2.52. The number of carbonyl (C=O) groups excluding carboxylic acids is 1. The van der Waals surface area contributed by atoms with Gasteiger partial charge in [0.25, 0.3) is 5.91 Å². The Morgan fingerprint density at radius 2 is 2.14 bits per heavy atom. The number of hydrogen-bond acceptors (Lipinski definition) is 3. The molecule has 1 aromatic heterocycles. The minimum Gasteiger partial charge on any atom is -0.496 e. The lowest BCUT2D eigenvalue weighted by Crippen LogP contribution is -2.26. The summed E-state index contributed by atoms with van der Waals surface area (Å²) in [6.07, 6.45) is 1.88. The van der Waals surface area contributed by atoms with Gasteiger partial charge in [-0.05, 0) is 37.1 Å². The van der Waals surface area contributed by atoms with Gasteiger partial charge in [0, 0.05) is 12.7 Å². The van der Waals surface area contributed by atoms with Crippen LogP contribution in [0.5, 0.6) is 5.75 Å². The molecule has 4 nitrogen and oxygen atoms in total. The number of amides is 1. The van der Waals surface area contributed by atoms with Crippen LogP contribution in [-0.4, -0.2) is 24.5 Å². The lowest BCUT2D eigenvalue weighted by Gasteiger charge is -2.10. The van der Waals surface area contributed by atoms with E-state index >= 15 is 0 Å². The molecular weight excluding hydrogens is 271 g/mol. The van der Waals surface area contributed by atoms with Gasteiger partial charge in [-0.15, -0.1) is 0 Å². The Morgan fingerprint density at radius 1 is 1.33 bits per heavy atom. The lowest BCUT2D eigenvalue weighted by molar-refractivity contribution is 0.0953. The minimum atomic E-state index is -0.601. The molecule has 1 aromatic carbocycles. The summed E-state index contributed by atoms with van der Waals surface area (Å²) in [7, 11) is 1.62. The standard InChI is InChI=1S/C16H17FN2O2/c1-11-3-5-14(21-2)12(9-11)7-8-18-16(20)13-4-6-15(17)19-10-13/h3-6,9-10H,7-8H2,1-2H3,(H,18,20). The number of pyridine rings is 1. The van der Waals surface area contributed by atoms with Crippen molar-refractivity contribution in [3.05, 3.63) is 59.2 Å². The molecule has 1 amide bonds. The Hall–Kier alpha value is -2.43. The summed E-state index contributed by atoms with van der Waals surface area (Å²) in [6.45, 7) is 2.47. The molecule has 0 aliphatic carbocycles. The molecule has 1 N–H and O–H groups in total. The second-order valence-corrected chi connectivity index (χ2v) is 4.69. The Labute approximate surface area is 123 Å². The first-order chi connectivity index (χ1) is 10.1. The number of benzene rings is 1. The largest absolute Gasteiger partial charge is 0.496 e. The first kappa shape index (κ1) is 15.0. The molecule has 21 heavy (non-hydrogen) atoms. The maximum Gasteiger partial charge on any atom is 0.252 e. The van der Waals surface area contributed by atoms with Gasteiger partial charge in [0.1, 0.15) is 5.75 Å². The summed E-state index contributed by atoms with van der Waals surface area (Å²) in [6, 6.07) is 8.50. The van der Waals surface area contributed by atoms with E-state index in [-0.39, 0.29) is 5.91 Å². The van der Waals surface area contributed by atoms with Crippen LogP contribution >= 0.6 is 0 Å². The van der Waals surface area contributed by atoms with Crippen molar-refractivity contribution < 1.29 is 13.9 Å². The number of rotatable bonds is 5. The van der Waals surface area contributed by atoms with Gasteiger partial charge in [0.15, 0.2) is 0 Å². The van der Waals surface area contributed by atoms with Gasteiger partial charge < -0.3 is 10.1 Å². The van der Waals surface area contributed by atoms with Gasteiger partial charge in [-0.25, -0.2) is 4.98 Å². The highest BCUT2D eigenvalue weighted by Gasteiger charge is 2.07. The van der Waals surface area contributed by atoms with E-state index in [1.54, 1.807) is 7.11 Å². The van der Waals surface area contributed by atoms with Crippen molar-refractivity contribution in [2.45, 2.75) is 13.3 Å². The van der Waals surface area contributed by atoms with Crippen LogP contribution in [0.4, 0.5) is 4.39 Å². The fourth-order valence-corrected chi connectivity index (χ4v) is 2.03. The number of nitrogens with zero attached hydrogens (tertiary/aromatic N) is 1. The smallest absolute Gasteiger partial charge is 0.252 e. The zero-order valence-corrected chi connectivity index (χ0v) is 12.0. The number of hydrogen-bond donors (Lipinski definition) is 1. The first-order valence-corrected chi connectivity index (χ1v) is 6.63. The van der Waals surface area contributed by atoms with Gasteiger partial charge in [0.05, 0.1) is 12.7 Å². The normalized spacial score (nSPS) is 10.2. The summed E-state index contributed by atoms with van der Waals surface area (Å²) in [5, 5.41) is 2.78. The molecule has 0 aliphatic heterocycles. The fraction of sp³-hybridized carbons (Fsp3) is 0.250. The van der Waals surface area contributed by atoms with E-state index < -0.39 is 5.95 Å². The first-order valence-electron chi connectivity index (χ1n) is 6.63. The van der Waals surface area contributed by atoms with Gasteiger partial charge in [-0.3, -0.25) is 4.79 Å². The number of nitrogens with one attached hydrogen (secondary N) is 1. The van der Waals surface area contributed by atoms with E-state index in [0.29, 0.717) is 18.5 Å². The molecule has 0 unspecified atom stereocenters. The number of aryl methyl sites for hydroxylation is 1. The highest BCUT2D eigenvalue weighted by Crippen LogP contribution is 2.19. The summed E-state index contributed by atoms with van der Waals surface area (Å²) in [5.74, 6) is -0.0662. The second-order valence-electron chi connectivity index (χ2n) is 4.69.